The van der Waals surface area contributed by atoms with Crippen molar-refractivity contribution in [1.82, 2.24) is 4.98 Å². The molecule has 1 aromatic heterocycles. The number of aromatic nitrogens is 1. The van der Waals surface area contributed by atoms with Gasteiger partial charge in [-0.3, -0.25) is 4.79 Å². The van der Waals surface area contributed by atoms with Gasteiger partial charge in [0.2, 0.25) is 0 Å². The van der Waals surface area contributed by atoms with Crippen molar-refractivity contribution in [3.63, 3.8) is 0 Å². The van der Waals surface area contributed by atoms with Crippen molar-refractivity contribution in [1.29, 1.82) is 0 Å². The van der Waals surface area contributed by atoms with Gasteiger partial charge >= 0.3 is 5.97 Å². The van der Waals surface area contributed by atoms with Crippen molar-refractivity contribution in [3.8, 4) is 0 Å². The van der Waals surface area contributed by atoms with Gasteiger partial charge in [-0.15, -0.1) is 0 Å². The molecule has 0 aliphatic rings. The van der Waals surface area contributed by atoms with Crippen molar-refractivity contribution in [2.24, 2.45) is 0 Å². The largest absolute Gasteiger partial charge is 0.465 e. The van der Waals surface area contributed by atoms with Crippen LogP contribution in [0.4, 0.5) is 14.5 Å². The van der Waals surface area contributed by atoms with Gasteiger partial charge in [0.25, 0.3) is 5.91 Å². The second-order valence-corrected chi connectivity index (χ2v) is 4.90. The Balaban J connectivity index is 2.36. The molecule has 2 N–H and O–H groups in total. The standard InChI is InChI=1S/C16H16F2N2O3/c1-4-11-13(16(22)23-3)8(2)14(19-11)15(21)20-12-6-5-9(17)7-10(12)18/h5-7,19H,4H2,1-3H3,(H,20,21). The number of anilines is 1. The predicted octanol–water partition coefficient (Wildman–Crippen LogP) is 3.20. The normalized spacial score (nSPS) is 10.5. The summed E-state index contributed by atoms with van der Waals surface area (Å²) in [6.07, 6.45) is 0.490. The van der Waals surface area contributed by atoms with Crippen LogP contribution in [0.15, 0.2) is 18.2 Å². The zero-order valence-corrected chi connectivity index (χ0v) is 12.9. The van der Waals surface area contributed by atoms with Gasteiger partial charge < -0.3 is 15.0 Å². The van der Waals surface area contributed by atoms with E-state index in [4.69, 9.17) is 4.74 Å². The number of H-pyrrole nitrogens is 1. The number of carbonyl (C=O) groups excluding carboxylic acids is 2. The van der Waals surface area contributed by atoms with Crippen LogP contribution in [0.2, 0.25) is 0 Å². The maximum atomic E-state index is 13.6. The zero-order valence-electron chi connectivity index (χ0n) is 12.9. The number of amides is 1. The maximum absolute atomic E-state index is 13.6. The molecule has 7 heteroatoms. The second-order valence-electron chi connectivity index (χ2n) is 4.90. The van der Waals surface area contributed by atoms with Crippen LogP contribution in [0, 0.1) is 18.6 Å². The van der Waals surface area contributed by atoms with E-state index in [0.717, 1.165) is 12.1 Å². The molecule has 122 valence electrons. The average molecular weight is 322 g/mol. The van der Waals surface area contributed by atoms with E-state index in [1.807, 2.05) is 6.92 Å². The molecule has 0 bridgehead atoms. The number of nitrogens with one attached hydrogen (secondary N) is 2. The molecule has 23 heavy (non-hydrogen) atoms. The molecule has 0 fully saturated rings. The number of benzene rings is 1. The van der Waals surface area contributed by atoms with E-state index in [1.54, 1.807) is 6.92 Å². The molecular weight excluding hydrogens is 306 g/mol. The van der Waals surface area contributed by atoms with E-state index < -0.39 is 23.5 Å². The molecule has 2 aromatic rings. The van der Waals surface area contributed by atoms with E-state index in [9.17, 15) is 18.4 Å². The monoisotopic (exact) mass is 322 g/mol. The molecule has 0 atom stereocenters. The van der Waals surface area contributed by atoms with Crippen molar-refractivity contribution in [3.05, 3.63) is 52.3 Å². The Morgan fingerprint density at radius 1 is 1.30 bits per heavy atom. The SMILES string of the molecule is CCc1[nH]c(C(=O)Nc2ccc(F)cc2F)c(C)c1C(=O)OC. The predicted molar refractivity (Wildman–Crippen MR) is 80.6 cm³/mol. The minimum atomic E-state index is -0.883. The fourth-order valence-corrected chi connectivity index (χ4v) is 2.30. The van der Waals surface area contributed by atoms with Crippen molar-refractivity contribution in [2.45, 2.75) is 20.3 Å². The first-order chi connectivity index (χ1) is 10.9. The van der Waals surface area contributed by atoms with E-state index in [2.05, 4.69) is 10.3 Å². The minimum absolute atomic E-state index is 0.131. The molecule has 0 radical (unpaired) electrons. The first-order valence-electron chi connectivity index (χ1n) is 6.95. The summed E-state index contributed by atoms with van der Waals surface area (Å²) in [5, 5.41) is 2.35. The van der Waals surface area contributed by atoms with Crippen LogP contribution >= 0.6 is 0 Å². The summed E-state index contributed by atoms with van der Waals surface area (Å²) in [6, 6.07) is 2.84. The van der Waals surface area contributed by atoms with Gasteiger partial charge in [-0.25, -0.2) is 13.6 Å². The molecule has 0 unspecified atom stereocenters. The average Bonchev–Trinajstić information content (AvgIpc) is 2.86. The summed E-state index contributed by atoms with van der Waals surface area (Å²) in [7, 11) is 1.25. The Kier molecular flexibility index (Phi) is 4.78. The summed E-state index contributed by atoms with van der Waals surface area (Å²) < 4.78 is 31.2. The van der Waals surface area contributed by atoms with Gasteiger partial charge in [-0.05, 0) is 31.0 Å². The summed E-state index contributed by atoms with van der Waals surface area (Å²) in [5.74, 6) is -2.80. The highest BCUT2D eigenvalue weighted by molar-refractivity contribution is 6.06. The van der Waals surface area contributed by atoms with Crippen LogP contribution in [-0.2, 0) is 11.2 Å². The number of halogens is 2. The topological polar surface area (TPSA) is 71.2 Å². The molecule has 0 saturated carbocycles. The van der Waals surface area contributed by atoms with Crippen molar-refractivity contribution >= 4 is 17.6 Å². The molecule has 0 saturated heterocycles. The Morgan fingerprint density at radius 3 is 2.57 bits per heavy atom. The van der Waals surface area contributed by atoms with Crippen LogP contribution in [0.1, 0.15) is 39.0 Å². The number of hydrogen-bond donors (Lipinski definition) is 2. The van der Waals surface area contributed by atoms with Gasteiger partial charge in [0.05, 0.1) is 18.4 Å². The quantitative estimate of drug-likeness (QED) is 0.849. The fraction of sp³-hybridized carbons (Fsp3) is 0.250. The van der Waals surface area contributed by atoms with E-state index >= 15 is 0 Å². The molecule has 0 aliphatic heterocycles. The van der Waals surface area contributed by atoms with Crippen LogP contribution in [0.25, 0.3) is 0 Å². The van der Waals surface area contributed by atoms with Crippen molar-refractivity contribution in [2.75, 3.05) is 12.4 Å². The Hall–Kier alpha value is -2.70. The first kappa shape index (κ1) is 16.7. The summed E-state index contributed by atoms with van der Waals surface area (Å²) in [6.45, 7) is 3.41. The number of rotatable bonds is 4. The van der Waals surface area contributed by atoms with E-state index in [0.29, 0.717) is 29.3 Å². The third-order valence-corrected chi connectivity index (χ3v) is 3.48. The Labute approximate surface area is 131 Å². The zero-order chi connectivity index (χ0) is 17.1. The summed E-state index contributed by atoms with van der Waals surface area (Å²) >= 11 is 0. The lowest BCUT2D eigenvalue weighted by atomic mass is 10.1. The van der Waals surface area contributed by atoms with Gasteiger partial charge in [-0.1, -0.05) is 6.92 Å². The van der Waals surface area contributed by atoms with Gasteiger partial charge in [0.1, 0.15) is 17.3 Å². The second kappa shape index (κ2) is 6.60. The summed E-state index contributed by atoms with van der Waals surface area (Å²) in [4.78, 5) is 27.0. The molecular formula is C16H16F2N2O3. The van der Waals surface area contributed by atoms with E-state index in [-0.39, 0.29) is 11.4 Å². The third-order valence-electron chi connectivity index (χ3n) is 3.48. The molecule has 0 spiro atoms. The highest BCUT2D eigenvalue weighted by Gasteiger charge is 2.24. The van der Waals surface area contributed by atoms with Gasteiger partial charge in [0, 0.05) is 11.8 Å². The van der Waals surface area contributed by atoms with Crippen LogP contribution < -0.4 is 5.32 Å². The first-order valence-corrected chi connectivity index (χ1v) is 6.95. The molecule has 1 aromatic carbocycles. The van der Waals surface area contributed by atoms with Crippen LogP contribution in [0.3, 0.4) is 0 Å². The summed E-state index contributed by atoms with van der Waals surface area (Å²) in [5.41, 5.74) is 1.24. The maximum Gasteiger partial charge on any atom is 0.339 e. The van der Waals surface area contributed by atoms with Crippen LogP contribution in [0.5, 0.6) is 0 Å². The third kappa shape index (κ3) is 3.23. The number of methoxy groups -OCH3 is 1. The number of hydrogen-bond acceptors (Lipinski definition) is 3. The highest BCUT2D eigenvalue weighted by atomic mass is 19.1. The number of esters is 1. The Bertz CT molecular complexity index is 769. The number of aromatic amines is 1. The van der Waals surface area contributed by atoms with Crippen LogP contribution in [-0.4, -0.2) is 24.0 Å². The number of aryl methyl sites for hydroxylation is 1. The smallest absolute Gasteiger partial charge is 0.339 e. The minimum Gasteiger partial charge on any atom is -0.465 e. The lowest BCUT2D eigenvalue weighted by molar-refractivity contribution is 0.0599. The molecule has 5 nitrogen and oxygen atoms in total. The number of carbonyl (C=O) groups is 2. The molecule has 2 rings (SSSR count). The fourth-order valence-electron chi connectivity index (χ4n) is 2.30. The molecule has 1 amide bonds. The van der Waals surface area contributed by atoms with Gasteiger partial charge in [-0.2, -0.15) is 0 Å². The highest BCUT2D eigenvalue weighted by Crippen LogP contribution is 2.22. The van der Waals surface area contributed by atoms with Gasteiger partial charge in [0.15, 0.2) is 0 Å². The lowest BCUT2D eigenvalue weighted by Crippen LogP contribution is -2.15. The Morgan fingerprint density at radius 2 is 2.00 bits per heavy atom. The lowest BCUT2D eigenvalue weighted by Gasteiger charge is -2.06. The molecule has 1 heterocycles. The van der Waals surface area contributed by atoms with Crippen molar-refractivity contribution < 1.29 is 23.1 Å². The van der Waals surface area contributed by atoms with E-state index in [1.165, 1.54) is 7.11 Å². The molecule has 0 aliphatic carbocycles. The number of ether oxygens (including phenoxy) is 1.